The minimum Gasteiger partial charge on any atom is -0.319 e. The summed E-state index contributed by atoms with van der Waals surface area (Å²) in [5, 5.41) is 11.2. The van der Waals surface area contributed by atoms with E-state index >= 15 is 0 Å². The predicted molar refractivity (Wildman–Crippen MR) is 116 cm³/mol. The van der Waals surface area contributed by atoms with Crippen LogP contribution in [0.25, 0.3) is 0 Å². The highest BCUT2D eigenvalue weighted by atomic mass is 19.1. The summed E-state index contributed by atoms with van der Waals surface area (Å²) >= 11 is 0. The minimum absolute atomic E-state index is 0.298. The maximum atomic E-state index is 13.4. The Kier molecular flexibility index (Phi) is 5.28. The monoisotopic (exact) mass is 419 g/mol. The van der Waals surface area contributed by atoms with Gasteiger partial charge in [0.15, 0.2) is 0 Å². The molecule has 0 saturated carbocycles. The molecule has 160 valence electrons. The molecule has 0 spiro atoms. The van der Waals surface area contributed by atoms with Gasteiger partial charge in [-0.25, -0.2) is 4.39 Å². The maximum Gasteiger partial charge on any atom is 0.293 e. The average Bonchev–Trinajstić information content (AvgIpc) is 3.35. The molecule has 7 heteroatoms. The fraction of sp³-hybridized carbons (Fsp3) is 0.375. The highest BCUT2D eigenvalue weighted by molar-refractivity contribution is 6.01. The van der Waals surface area contributed by atoms with E-state index in [0.29, 0.717) is 23.3 Å². The highest BCUT2D eigenvalue weighted by Crippen LogP contribution is 2.33. The lowest BCUT2D eigenvalue weighted by molar-refractivity contribution is 0.100. The number of hydrogen-bond donors (Lipinski definition) is 1. The van der Waals surface area contributed by atoms with Gasteiger partial charge in [-0.15, -0.1) is 10.2 Å². The number of aryl methyl sites for hydroxylation is 1. The third kappa shape index (κ3) is 4.10. The molecule has 1 aromatic heterocycles. The lowest BCUT2D eigenvalue weighted by Gasteiger charge is -2.25. The van der Waals surface area contributed by atoms with Gasteiger partial charge in [-0.3, -0.25) is 9.69 Å². The Labute approximate surface area is 181 Å². The summed E-state index contributed by atoms with van der Waals surface area (Å²) in [7, 11) is 0. The molecule has 31 heavy (non-hydrogen) atoms. The number of halogens is 1. The van der Waals surface area contributed by atoms with Gasteiger partial charge in [0.05, 0.1) is 0 Å². The fourth-order valence-corrected chi connectivity index (χ4v) is 4.81. The van der Waals surface area contributed by atoms with Crippen molar-refractivity contribution >= 4 is 11.6 Å². The van der Waals surface area contributed by atoms with Crippen molar-refractivity contribution in [2.24, 2.45) is 11.8 Å². The Morgan fingerprint density at radius 3 is 2.61 bits per heavy atom. The summed E-state index contributed by atoms with van der Waals surface area (Å²) in [6, 6.07) is 14.7. The van der Waals surface area contributed by atoms with E-state index in [1.807, 2.05) is 4.57 Å². The van der Waals surface area contributed by atoms with Crippen LogP contribution in [0.15, 0.2) is 48.5 Å². The van der Waals surface area contributed by atoms with Gasteiger partial charge in [0, 0.05) is 38.3 Å². The molecule has 2 aliphatic heterocycles. The molecule has 6 nitrogen and oxygen atoms in total. The SMILES string of the molecule is CCc1ccc(CN2C[C@@H]3Cc4nnc(C(=O)Nc5cccc(F)c5)n4C[C@@H]3C2)cc1. The van der Waals surface area contributed by atoms with Gasteiger partial charge in [-0.2, -0.15) is 0 Å². The quantitative estimate of drug-likeness (QED) is 0.687. The number of nitrogens with one attached hydrogen (secondary N) is 1. The van der Waals surface area contributed by atoms with E-state index in [1.165, 1.54) is 23.3 Å². The topological polar surface area (TPSA) is 63.1 Å². The number of likely N-dealkylation sites (tertiary alicyclic amines) is 1. The molecule has 5 rings (SSSR count). The Balaban J connectivity index is 1.26. The molecule has 2 aromatic carbocycles. The average molecular weight is 420 g/mol. The standard InChI is InChI=1S/C24H26FN5O/c1-2-16-6-8-17(9-7-16)12-29-13-18-10-22-27-28-23(30(22)15-19(18)14-29)24(31)26-21-5-3-4-20(25)11-21/h3-9,11,18-19H,2,10,12-15H2,1H3,(H,26,31)/t18-,19-/m0/s1. The molecule has 3 aromatic rings. The zero-order valence-corrected chi connectivity index (χ0v) is 17.6. The van der Waals surface area contributed by atoms with Crippen molar-refractivity contribution in [3.05, 3.63) is 77.1 Å². The number of rotatable bonds is 5. The van der Waals surface area contributed by atoms with E-state index in [9.17, 15) is 9.18 Å². The maximum absolute atomic E-state index is 13.4. The Bertz CT molecular complexity index is 1090. The first kappa shape index (κ1) is 19.9. The number of fused-ring (bicyclic) bond motifs is 2. The lowest BCUT2D eigenvalue weighted by Crippen LogP contribution is -2.31. The predicted octanol–water partition coefficient (Wildman–Crippen LogP) is 3.54. The van der Waals surface area contributed by atoms with Gasteiger partial charge in [0.2, 0.25) is 5.82 Å². The Hall–Kier alpha value is -3.06. The fourth-order valence-electron chi connectivity index (χ4n) is 4.81. The van der Waals surface area contributed by atoms with Gasteiger partial charge in [0.1, 0.15) is 11.6 Å². The number of benzene rings is 2. The van der Waals surface area contributed by atoms with Crippen LogP contribution in [0.4, 0.5) is 10.1 Å². The Morgan fingerprint density at radius 1 is 1.06 bits per heavy atom. The van der Waals surface area contributed by atoms with Crippen molar-refractivity contribution < 1.29 is 9.18 Å². The number of amides is 1. The van der Waals surface area contributed by atoms with E-state index in [0.717, 1.165) is 44.8 Å². The van der Waals surface area contributed by atoms with Crippen molar-refractivity contribution in [2.45, 2.75) is 32.9 Å². The lowest BCUT2D eigenvalue weighted by atomic mass is 9.89. The number of hydrogen-bond acceptors (Lipinski definition) is 4. The molecule has 3 heterocycles. The van der Waals surface area contributed by atoms with Crippen molar-refractivity contribution in [3.63, 3.8) is 0 Å². The summed E-state index contributed by atoms with van der Waals surface area (Å²) in [6.45, 7) is 5.90. The van der Waals surface area contributed by atoms with Crippen LogP contribution in [0.1, 0.15) is 34.5 Å². The van der Waals surface area contributed by atoms with Gasteiger partial charge in [0.25, 0.3) is 5.91 Å². The minimum atomic E-state index is -0.390. The van der Waals surface area contributed by atoms with E-state index in [-0.39, 0.29) is 11.7 Å². The summed E-state index contributed by atoms with van der Waals surface area (Å²) in [5.74, 6) is 1.42. The molecule has 0 radical (unpaired) electrons. The normalized spacial score (nSPS) is 20.3. The number of anilines is 1. The van der Waals surface area contributed by atoms with Gasteiger partial charge in [-0.1, -0.05) is 37.3 Å². The third-order valence-electron chi connectivity index (χ3n) is 6.46. The van der Waals surface area contributed by atoms with Gasteiger partial charge in [-0.05, 0) is 47.6 Å². The molecule has 1 fully saturated rings. The second-order valence-corrected chi connectivity index (χ2v) is 8.60. The van der Waals surface area contributed by atoms with E-state index in [4.69, 9.17) is 0 Å². The first-order valence-corrected chi connectivity index (χ1v) is 10.9. The van der Waals surface area contributed by atoms with Crippen LogP contribution in [0.2, 0.25) is 0 Å². The molecule has 1 saturated heterocycles. The number of aromatic nitrogens is 3. The van der Waals surface area contributed by atoms with Crippen LogP contribution in [-0.2, 0) is 25.9 Å². The molecule has 2 atom stereocenters. The number of carbonyl (C=O) groups excluding carboxylic acids is 1. The summed E-state index contributed by atoms with van der Waals surface area (Å²) in [5.41, 5.74) is 3.11. The zero-order valence-electron chi connectivity index (χ0n) is 17.6. The van der Waals surface area contributed by atoms with Crippen LogP contribution in [0, 0.1) is 17.7 Å². The number of nitrogens with zero attached hydrogens (tertiary/aromatic N) is 4. The third-order valence-corrected chi connectivity index (χ3v) is 6.46. The van der Waals surface area contributed by atoms with Crippen molar-refractivity contribution in [1.29, 1.82) is 0 Å². The largest absolute Gasteiger partial charge is 0.319 e. The van der Waals surface area contributed by atoms with Crippen LogP contribution in [-0.4, -0.2) is 38.7 Å². The van der Waals surface area contributed by atoms with Crippen molar-refractivity contribution in [3.8, 4) is 0 Å². The number of carbonyl (C=O) groups is 1. The molecule has 1 amide bonds. The van der Waals surface area contributed by atoms with Crippen LogP contribution in [0.3, 0.4) is 0 Å². The van der Waals surface area contributed by atoms with E-state index in [1.54, 1.807) is 12.1 Å². The molecule has 2 aliphatic rings. The molecule has 0 aliphatic carbocycles. The molecule has 0 unspecified atom stereocenters. The second kappa shape index (κ2) is 8.23. The van der Waals surface area contributed by atoms with Gasteiger partial charge >= 0.3 is 0 Å². The molecular weight excluding hydrogens is 393 g/mol. The summed E-state index contributed by atoms with van der Waals surface area (Å²) in [4.78, 5) is 15.2. The van der Waals surface area contributed by atoms with Crippen LogP contribution < -0.4 is 5.32 Å². The smallest absolute Gasteiger partial charge is 0.293 e. The van der Waals surface area contributed by atoms with Crippen LogP contribution >= 0.6 is 0 Å². The van der Waals surface area contributed by atoms with Gasteiger partial charge < -0.3 is 9.88 Å². The van der Waals surface area contributed by atoms with E-state index in [2.05, 4.69) is 51.6 Å². The van der Waals surface area contributed by atoms with Crippen molar-refractivity contribution in [1.82, 2.24) is 19.7 Å². The first-order valence-electron chi connectivity index (χ1n) is 10.9. The second-order valence-electron chi connectivity index (χ2n) is 8.60. The molecule has 0 bridgehead atoms. The summed E-state index contributed by atoms with van der Waals surface area (Å²) in [6.07, 6.45) is 1.89. The molecular formula is C24H26FN5O. The Morgan fingerprint density at radius 2 is 1.84 bits per heavy atom. The summed E-state index contributed by atoms with van der Waals surface area (Å²) < 4.78 is 15.4. The first-order chi connectivity index (χ1) is 15.1. The highest BCUT2D eigenvalue weighted by Gasteiger charge is 2.39. The van der Waals surface area contributed by atoms with Crippen molar-refractivity contribution in [2.75, 3.05) is 18.4 Å². The van der Waals surface area contributed by atoms with E-state index < -0.39 is 0 Å². The zero-order chi connectivity index (χ0) is 21.4. The van der Waals surface area contributed by atoms with Crippen LogP contribution in [0.5, 0.6) is 0 Å². The molecule has 1 N–H and O–H groups in total.